The summed E-state index contributed by atoms with van der Waals surface area (Å²) in [6.45, 7) is 11.7. The molecule has 0 aliphatic rings. The standard InChI is InChI=1S/C33H53P/c1-6-11-16-27-34(32-25-17-21-28(19-12-7-2)30(32)23-14-9-4)33-26-18-22-29(20-13-8-3)31(33)24-15-10-5/h17-18,21-22,25-26H,6-16,19-20,23-24,27H2,1-5H3. The minimum atomic E-state index is -0.300. The lowest BCUT2D eigenvalue weighted by molar-refractivity contribution is 0.759. The van der Waals surface area contributed by atoms with Crippen molar-refractivity contribution in [3.8, 4) is 0 Å². The zero-order valence-corrected chi connectivity index (χ0v) is 24.1. The molecule has 0 bridgehead atoms. The van der Waals surface area contributed by atoms with Crippen LogP contribution in [0.5, 0.6) is 0 Å². The highest BCUT2D eigenvalue weighted by molar-refractivity contribution is 7.73. The molecule has 0 saturated carbocycles. The van der Waals surface area contributed by atoms with Gasteiger partial charge in [0.2, 0.25) is 0 Å². The Morgan fingerprint density at radius 3 is 1.29 bits per heavy atom. The topological polar surface area (TPSA) is 0 Å². The SMILES string of the molecule is CCCCCP(c1cccc(CCCC)c1CCCC)c1cccc(CCCC)c1CCCC. The van der Waals surface area contributed by atoms with E-state index in [2.05, 4.69) is 71.0 Å². The Balaban J connectivity index is 2.62. The quantitative estimate of drug-likeness (QED) is 0.147. The lowest BCUT2D eigenvalue weighted by Crippen LogP contribution is -2.23. The predicted molar refractivity (Wildman–Crippen MR) is 158 cm³/mol. The summed E-state index contributed by atoms with van der Waals surface area (Å²) in [4.78, 5) is 0. The van der Waals surface area contributed by atoms with Crippen LogP contribution in [0.25, 0.3) is 0 Å². The number of benzene rings is 2. The lowest BCUT2D eigenvalue weighted by Gasteiger charge is -2.27. The van der Waals surface area contributed by atoms with Crippen LogP contribution in [0, 0.1) is 0 Å². The molecule has 0 nitrogen and oxygen atoms in total. The molecule has 0 fully saturated rings. The van der Waals surface area contributed by atoms with E-state index < -0.39 is 0 Å². The summed E-state index contributed by atoms with van der Waals surface area (Å²) in [5, 5.41) is 3.44. The molecule has 0 heterocycles. The number of hydrogen-bond acceptors (Lipinski definition) is 0. The van der Waals surface area contributed by atoms with Crippen LogP contribution in [0.3, 0.4) is 0 Å². The highest BCUT2D eigenvalue weighted by atomic mass is 31.1. The highest BCUT2D eigenvalue weighted by Gasteiger charge is 2.22. The van der Waals surface area contributed by atoms with Gasteiger partial charge < -0.3 is 0 Å². The lowest BCUT2D eigenvalue weighted by atomic mass is 9.97. The molecule has 0 amide bonds. The second-order valence-corrected chi connectivity index (χ2v) is 12.4. The molecule has 0 N–H and O–H groups in total. The van der Waals surface area contributed by atoms with E-state index >= 15 is 0 Å². The van der Waals surface area contributed by atoms with Crippen LogP contribution in [0.1, 0.15) is 128 Å². The van der Waals surface area contributed by atoms with Crippen LogP contribution < -0.4 is 10.6 Å². The molecule has 190 valence electrons. The molecule has 34 heavy (non-hydrogen) atoms. The third-order valence-electron chi connectivity index (χ3n) is 7.22. The van der Waals surface area contributed by atoms with Crippen LogP contribution >= 0.6 is 7.92 Å². The Kier molecular flexibility index (Phi) is 14.8. The van der Waals surface area contributed by atoms with Gasteiger partial charge in [0.25, 0.3) is 0 Å². The molecule has 0 aliphatic heterocycles. The van der Waals surface area contributed by atoms with E-state index in [1.54, 1.807) is 32.9 Å². The van der Waals surface area contributed by atoms with Gasteiger partial charge in [-0.1, -0.05) is 110 Å². The van der Waals surface area contributed by atoms with E-state index in [4.69, 9.17) is 0 Å². The van der Waals surface area contributed by atoms with E-state index in [9.17, 15) is 0 Å². The maximum absolute atomic E-state index is 2.53. The van der Waals surface area contributed by atoms with Gasteiger partial charge >= 0.3 is 0 Å². The first-order valence-corrected chi connectivity index (χ1v) is 16.2. The molecular weight excluding hydrogens is 427 g/mol. The first kappa shape index (κ1) is 29.1. The Bertz CT molecular complexity index is 743. The first-order valence-electron chi connectivity index (χ1n) is 14.7. The molecule has 2 aromatic carbocycles. The molecule has 0 radical (unpaired) electrons. The van der Waals surface area contributed by atoms with Gasteiger partial charge in [-0.15, -0.1) is 0 Å². The molecule has 0 aliphatic carbocycles. The van der Waals surface area contributed by atoms with Crippen molar-refractivity contribution < 1.29 is 0 Å². The molecule has 0 aromatic heterocycles. The summed E-state index contributed by atoms with van der Waals surface area (Å²) >= 11 is 0. The molecular formula is C33H53P. The van der Waals surface area contributed by atoms with Crippen LogP contribution in [-0.4, -0.2) is 6.16 Å². The van der Waals surface area contributed by atoms with Gasteiger partial charge in [0.1, 0.15) is 0 Å². The molecule has 0 spiro atoms. The second kappa shape index (κ2) is 17.3. The zero-order chi connectivity index (χ0) is 24.6. The minimum Gasteiger partial charge on any atom is -0.0654 e. The Morgan fingerprint density at radius 1 is 0.471 bits per heavy atom. The van der Waals surface area contributed by atoms with E-state index in [1.807, 2.05) is 0 Å². The Morgan fingerprint density at radius 2 is 0.882 bits per heavy atom. The largest absolute Gasteiger partial charge is 0.0654 e. The van der Waals surface area contributed by atoms with Crippen LogP contribution in [-0.2, 0) is 25.7 Å². The number of unbranched alkanes of at least 4 members (excludes halogenated alkanes) is 6. The summed E-state index contributed by atoms with van der Waals surface area (Å²) in [5.74, 6) is 0. The zero-order valence-electron chi connectivity index (χ0n) is 23.2. The summed E-state index contributed by atoms with van der Waals surface area (Å²) in [5.41, 5.74) is 6.74. The fourth-order valence-electron chi connectivity index (χ4n) is 5.13. The van der Waals surface area contributed by atoms with Crippen molar-refractivity contribution in [3.63, 3.8) is 0 Å². The molecule has 0 atom stereocenters. The van der Waals surface area contributed by atoms with Crippen molar-refractivity contribution >= 4 is 18.5 Å². The first-order chi connectivity index (χ1) is 16.7. The van der Waals surface area contributed by atoms with Gasteiger partial charge in [0.05, 0.1) is 0 Å². The van der Waals surface area contributed by atoms with E-state index in [0.29, 0.717) is 0 Å². The fraction of sp³-hybridized carbons (Fsp3) is 0.636. The van der Waals surface area contributed by atoms with E-state index in [1.165, 1.54) is 102 Å². The van der Waals surface area contributed by atoms with Gasteiger partial charge in [-0.3, -0.25) is 0 Å². The summed E-state index contributed by atoms with van der Waals surface area (Å²) < 4.78 is 0. The molecule has 0 unspecified atom stereocenters. The summed E-state index contributed by atoms with van der Waals surface area (Å²) in [6, 6.07) is 14.7. The van der Waals surface area contributed by atoms with Gasteiger partial charge in [-0.05, 0) is 105 Å². The maximum Gasteiger partial charge on any atom is -0.0160 e. The minimum absolute atomic E-state index is 0.300. The van der Waals surface area contributed by atoms with Crippen molar-refractivity contribution in [2.24, 2.45) is 0 Å². The van der Waals surface area contributed by atoms with E-state index in [-0.39, 0.29) is 7.92 Å². The van der Waals surface area contributed by atoms with Gasteiger partial charge in [-0.2, -0.15) is 0 Å². The van der Waals surface area contributed by atoms with Gasteiger partial charge in [0.15, 0.2) is 0 Å². The maximum atomic E-state index is 2.53. The summed E-state index contributed by atoms with van der Waals surface area (Å²) in [7, 11) is -0.300. The van der Waals surface area contributed by atoms with Crippen LogP contribution in [0.4, 0.5) is 0 Å². The Hall–Kier alpha value is -1.13. The normalized spacial score (nSPS) is 11.5. The number of hydrogen-bond donors (Lipinski definition) is 0. The summed E-state index contributed by atoms with van der Waals surface area (Å²) in [6.07, 6.45) is 20.8. The molecule has 1 heteroatoms. The second-order valence-electron chi connectivity index (χ2n) is 10.1. The molecule has 2 aromatic rings. The molecule has 0 saturated heterocycles. The fourth-order valence-corrected chi connectivity index (χ4v) is 8.10. The monoisotopic (exact) mass is 480 g/mol. The van der Waals surface area contributed by atoms with Gasteiger partial charge in [-0.25, -0.2) is 0 Å². The van der Waals surface area contributed by atoms with Gasteiger partial charge in [0, 0.05) is 0 Å². The highest BCUT2D eigenvalue weighted by Crippen LogP contribution is 2.40. The van der Waals surface area contributed by atoms with Crippen LogP contribution in [0.2, 0.25) is 0 Å². The predicted octanol–water partition coefficient (Wildman–Crippen LogP) is 9.68. The average Bonchev–Trinajstić information content (AvgIpc) is 2.86. The van der Waals surface area contributed by atoms with Crippen molar-refractivity contribution in [2.45, 2.75) is 131 Å². The number of aryl methyl sites for hydroxylation is 2. The number of rotatable bonds is 18. The van der Waals surface area contributed by atoms with Crippen LogP contribution in [0.15, 0.2) is 36.4 Å². The third-order valence-corrected chi connectivity index (χ3v) is 9.99. The third kappa shape index (κ3) is 8.82. The van der Waals surface area contributed by atoms with Crippen molar-refractivity contribution in [1.82, 2.24) is 0 Å². The van der Waals surface area contributed by atoms with Crippen molar-refractivity contribution in [2.75, 3.05) is 6.16 Å². The van der Waals surface area contributed by atoms with Crippen molar-refractivity contribution in [1.29, 1.82) is 0 Å². The molecule has 2 rings (SSSR count). The smallest absolute Gasteiger partial charge is 0.0160 e. The average molecular weight is 481 g/mol. The van der Waals surface area contributed by atoms with Crippen molar-refractivity contribution in [3.05, 3.63) is 58.7 Å². The Labute approximate surface area is 214 Å². The van der Waals surface area contributed by atoms with E-state index in [0.717, 1.165) is 0 Å².